The zero-order chi connectivity index (χ0) is 17.8. The van der Waals surface area contributed by atoms with Crippen LogP contribution in [0.15, 0.2) is 39.9 Å². The molecule has 0 saturated heterocycles. The van der Waals surface area contributed by atoms with Crippen molar-refractivity contribution in [2.75, 3.05) is 27.4 Å². The molecule has 1 aromatic carbocycles. The van der Waals surface area contributed by atoms with Crippen LogP contribution in [0.5, 0.6) is 11.5 Å². The summed E-state index contributed by atoms with van der Waals surface area (Å²) in [5.41, 5.74) is 2.43. The Kier molecular flexibility index (Phi) is 7.63. The molecule has 1 N–H and O–H groups in total. The number of halogens is 2. The fourth-order valence-electron chi connectivity index (χ4n) is 2.84. The number of aromatic nitrogens is 1. The van der Waals surface area contributed by atoms with Crippen LogP contribution in [0.2, 0.25) is 0 Å². The summed E-state index contributed by atoms with van der Waals surface area (Å²) in [7, 11) is 5.89. The van der Waals surface area contributed by atoms with Gasteiger partial charge in [0, 0.05) is 44.1 Å². The number of benzene rings is 1. The Morgan fingerprint density at radius 1 is 1.31 bits per heavy atom. The smallest absolute Gasteiger partial charge is 0.231 e. The number of nitrogens with zero attached hydrogens (tertiary/aromatic N) is 3. The van der Waals surface area contributed by atoms with Crippen LogP contribution in [0.3, 0.4) is 0 Å². The second-order valence-corrected chi connectivity index (χ2v) is 6.94. The summed E-state index contributed by atoms with van der Waals surface area (Å²) in [6, 6.07) is 8.20. The van der Waals surface area contributed by atoms with E-state index in [1.807, 2.05) is 26.2 Å². The zero-order valence-corrected chi connectivity index (χ0v) is 19.1. The molecular formula is C18H24BrIN4O2. The third-order valence-electron chi connectivity index (χ3n) is 4.18. The molecule has 8 heteroatoms. The van der Waals surface area contributed by atoms with Gasteiger partial charge in [-0.25, -0.2) is 0 Å². The predicted molar refractivity (Wildman–Crippen MR) is 118 cm³/mol. The molecule has 1 aromatic heterocycles. The minimum atomic E-state index is 0. The van der Waals surface area contributed by atoms with Crippen LogP contribution < -0.4 is 14.8 Å². The van der Waals surface area contributed by atoms with Crippen molar-refractivity contribution in [1.29, 1.82) is 0 Å². The van der Waals surface area contributed by atoms with Crippen LogP contribution in [-0.4, -0.2) is 42.9 Å². The van der Waals surface area contributed by atoms with Crippen molar-refractivity contribution in [3.63, 3.8) is 0 Å². The maximum Gasteiger partial charge on any atom is 0.231 e. The Hall–Kier alpha value is -1.42. The lowest BCUT2D eigenvalue weighted by molar-refractivity contribution is 0.174. The highest BCUT2D eigenvalue weighted by Crippen LogP contribution is 2.32. The van der Waals surface area contributed by atoms with Gasteiger partial charge in [0.15, 0.2) is 17.5 Å². The highest BCUT2D eigenvalue weighted by atomic mass is 127. The minimum Gasteiger partial charge on any atom is -0.454 e. The highest BCUT2D eigenvalue weighted by molar-refractivity contribution is 14.0. The van der Waals surface area contributed by atoms with E-state index in [9.17, 15) is 0 Å². The van der Waals surface area contributed by atoms with E-state index in [0.29, 0.717) is 6.79 Å². The lowest BCUT2D eigenvalue weighted by Crippen LogP contribution is -2.39. The fraction of sp³-hybridized carbons (Fsp3) is 0.389. The van der Waals surface area contributed by atoms with E-state index in [0.717, 1.165) is 41.4 Å². The molecule has 1 aliphatic heterocycles. The quantitative estimate of drug-likeness (QED) is 0.363. The second-order valence-electron chi connectivity index (χ2n) is 6.03. The van der Waals surface area contributed by atoms with Crippen LogP contribution in [0.1, 0.15) is 11.3 Å². The number of nitrogens with one attached hydrogen (secondary N) is 1. The van der Waals surface area contributed by atoms with Crippen molar-refractivity contribution in [1.82, 2.24) is 14.8 Å². The number of fused-ring (bicyclic) bond motifs is 1. The number of guanidine groups is 1. The molecule has 0 saturated carbocycles. The van der Waals surface area contributed by atoms with Crippen molar-refractivity contribution < 1.29 is 9.47 Å². The Bertz CT molecular complexity index is 779. The Morgan fingerprint density at radius 3 is 2.77 bits per heavy atom. The fourth-order valence-corrected chi connectivity index (χ4v) is 3.41. The summed E-state index contributed by atoms with van der Waals surface area (Å²) in [4.78, 5) is 6.49. The van der Waals surface area contributed by atoms with Gasteiger partial charge >= 0.3 is 0 Å². The first-order valence-electron chi connectivity index (χ1n) is 8.18. The molecule has 1 aliphatic rings. The van der Waals surface area contributed by atoms with Gasteiger partial charge in [0.25, 0.3) is 0 Å². The summed E-state index contributed by atoms with van der Waals surface area (Å²) in [5.74, 6) is 2.52. The van der Waals surface area contributed by atoms with E-state index in [2.05, 4.69) is 54.0 Å². The summed E-state index contributed by atoms with van der Waals surface area (Å²) >= 11 is 3.51. The number of hydrogen-bond donors (Lipinski definition) is 1. The van der Waals surface area contributed by atoms with Crippen molar-refractivity contribution in [3.05, 3.63) is 46.2 Å². The Morgan fingerprint density at radius 2 is 2.08 bits per heavy atom. The molecule has 0 amide bonds. The number of aliphatic imine (C=N–C) groups is 1. The summed E-state index contributed by atoms with van der Waals surface area (Å²) in [6.45, 7) is 1.89. The molecule has 2 heterocycles. The molecule has 0 radical (unpaired) electrons. The van der Waals surface area contributed by atoms with E-state index in [1.54, 1.807) is 7.05 Å². The molecule has 0 bridgehead atoms. The Balaban J connectivity index is 0.00000243. The lowest BCUT2D eigenvalue weighted by atomic mass is 10.1. The number of aryl methyl sites for hydroxylation is 1. The molecule has 0 spiro atoms. The number of ether oxygens (including phenoxy) is 2. The normalized spacial score (nSPS) is 12.7. The van der Waals surface area contributed by atoms with Crippen LogP contribution in [-0.2, 0) is 20.0 Å². The maximum atomic E-state index is 5.42. The van der Waals surface area contributed by atoms with Crippen molar-refractivity contribution in [3.8, 4) is 11.5 Å². The minimum absolute atomic E-state index is 0. The number of rotatable bonds is 5. The van der Waals surface area contributed by atoms with Gasteiger partial charge in [-0.15, -0.1) is 24.0 Å². The van der Waals surface area contributed by atoms with Crippen molar-refractivity contribution >= 4 is 45.9 Å². The molecule has 0 aliphatic carbocycles. The molecule has 0 atom stereocenters. The number of hydrogen-bond acceptors (Lipinski definition) is 3. The molecule has 2 aromatic rings. The largest absolute Gasteiger partial charge is 0.454 e. The van der Waals surface area contributed by atoms with Gasteiger partial charge in [-0.3, -0.25) is 4.99 Å². The monoisotopic (exact) mass is 534 g/mol. The van der Waals surface area contributed by atoms with Gasteiger partial charge in [-0.05, 0) is 46.1 Å². The standard InChI is InChI=1S/C18H23BrN4O2.HI/c1-20-18(23(3)11-15-9-14(19)10-22(15)2)21-7-6-13-4-5-16-17(8-13)25-12-24-16;/h4-5,8-10H,6-7,11-12H2,1-3H3,(H,20,21);1H. The van der Waals surface area contributed by atoms with Gasteiger partial charge < -0.3 is 24.3 Å². The van der Waals surface area contributed by atoms with Crippen LogP contribution >= 0.6 is 39.9 Å². The predicted octanol–water partition coefficient (Wildman–Crippen LogP) is 3.38. The van der Waals surface area contributed by atoms with Gasteiger partial charge in [0.05, 0.1) is 6.54 Å². The molecule has 3 rings (SSSR count). The maximum absolute atomic E-state index is 5.42. The molecule has 0 fully saturated rings. The van der Waals surface area contributed by atoms with Crippen molar-refractivity contribution in [2.24, 2.45) is 12.0 Å². The third kappa shape index (κ3) is 5.06. The van der Waals surface area contributed by atoms with E-state index >= 15 is 0 Å². The van der Waals surface area contributed by atoms with Gasteiger partial charge in [0.2, 0.25) is 6.79 Å². The first-order chi connectivity index (χ1) is 12.1. The SMILES string of the molecule is CN=C(NCCc1ccc2c(c1)OCO2)N(C)Cc1cc(Br)cn1C.I. The second kappa shape index (κ2) is 9.50. The average Bonchev–Trinajstić information content (AvgIpc) is 3.17. The summed E-state index contributed by atoms with van der Waals surface area (Å²) in [5, 5.41) is 3.41. The van der Waals surface area contributed by atoms with Crippen LogP contribution in [0.4, 0.5) is 0 Å². The van der Waals surface area contributed by atoms with Gasteiger partial charge in [0.1, 0.15) is 0 Å². The van der Waals surface area contributed by atoms with E-state index in [4.69, 9.17) is 9.47 Å². The van der Waals surface area contributed by atoms with Crippen LogP contribution in [0.25, 0.3) is 0 Å². The molecule has 0 unspecified atom stereocenters. The first kappa shape index (κ1) is 20.9. The summed E-state index contributed by atoms with van der Waals surface area (Å²) < 4.78 is 14.0. The first-order valence-corrected chi connectivity index (χ1v) is 8.97. The lowest BCUT2D eigenvalue weighted by Gasteiger charge is -2.22. The molecular weight excluding hydrogens is 511 g/mol. The van der Waals surface area contributed by atoms with E-state index in [1.165, 1.54) is 11.3 Å². The van der Waals surface area contributed by atoms with Crippen molar-refractivity contribution in [2.45, 2.75) is 13.0 Å². The Labute approximate surface area is 179 Å². The molecule has 142 valence electrons. The van der Waals surface area contributed by atoms with Gasteiger partial charge in [-0.1, -0.05) is 6.07 Å². The topological polar surface area (TPSA) is 51.0 Å². The van der Waals surface area contributed by atoms with Crippen LogP contribution in [0, 0.1) is 0 Å². The van der Waals surface area contributed by atoms with Gasteiger partial charge in [-0.2, -0.15) is 0 Å². The van der Waals surface area contributed by atoms with E-state index in [-0.39, 0.29) is 24.0 Å². The van der Waals surface area contributed by atoms with E-state index < -0.39 is 0 Å². The summed E-state index contributed by atoms with van der Waals surface area (Å²) in [6.07, 6.45) is 2.94. The zero-order valence-electron chi connectivity index (χ0n) is 15.2. The molecule has 6 nitrogen and oxygen atoms in total. The third-order valence-corrected chi connectivity index (χ3v) is 4.61. The molecule has 26 heavy (non-hydrogen) atoms. The highest BCUT2D eigenvalue weighted by Gasteiger charge is 2.13. The average molecular weight is 535 g/mol.